The van der Waals surface area contributed by atoms with E-state index in [4.69, 9.17) is 23.2 Å². The molecule has 6 rings (SSSR count). The molecule has 0 bridgehead atoms. The molecule has 4 aliphatic rings. The quantitative estimate of drug-likeness (QED) is 0.259. The van der Waals surface area contributed by atoms with E-state index in [1.54, 1.807) is 24.3 Å². The van der Waals surface area contributed by atoms with Crippen molar-refractivity contribution in [3.63, 3.8) is 0 Å². The van der Waals surface area contributed by atoms with Gasteiger partial charge in [-0.25, -0.2) is 9.29 Å². The molecule has 2 saturated heterocycles. The van der Waals surface area contributed by atoms with Crippen molar-refractivity contribution in [3.8, 4) is 5.75 Å². The van der Waals surface area contributed by atoms with Crippen LogP contribution in [-0.2, 0) is 19.2 Å². The Balaban J connectivity index is 1.58. The molecule has 1 saturated carbocycles. The third-order valence-electron chi connectivity index (χ3n) is 8.12. The number of hydrogen-bond donors (Lipinski definition) is 2. The maximum Gasteiger partial charge on any atom is 0.258 e. The molecule has 0 radical (unpaired) electrons. The molecule has 2 N–H and O–H groups in total. The summed E-state index contributed by atoms with van der Waals surface area (Å²) in [6.45, 7) is 0. The smallest absolute Gasteiger partial charge is 0.258 e. The Morgan fingerprint density at radius 2 is 1.59 bits per heavy atom. The van der Waals surface area contributed by atoms with Crippen LogP contribution in [0.15, 0.2) is 60.2 Å². The number of hydroxylamine groups is 2. The first-order chi connectivity index (χ1) is 17.5. The Morgan fingerprint density at radius 1 is 0.919 bits per heavy atom. The number of hydrogen-bond acceptors (Lipinski definition) is 6. The minimum atomic E-state index is -2.13. The number of carbonyl (C=O) groups is 4. The molecular formula is C26H19Cl2FN2O6. The van der Waals surface area contributed by atoms with E-state index < -0.39 is 62.9 Å². The van der Waals surface area contributed by atoms with Gasteiger partial charge in [-0.1, -0.05) is 29.8 Å². The number of para-hydroxylation sites is 1. The standard InChI is InChI=1S/C26H19Cl2FN2O6/c27-25-11-17-14(9-10-16-19(17)22(34)31(37)21(16)33)20(15-3-1-2-4-18(15)32)26(25,28)24(36)30(23(25)35)13-7-5-12(29)6-8-13/h1-9,16-17,19-20,32,37H,10-11H2. The van der Waals surface area contributed by atoms with Crippen LogP contribution >= 0.6 is 23.2 Å². The Morgan fingerprint density at radius 3 is 2.27 bits per heavy atom. The van der Waals surface area contributed by atoms with Gasteiger partial charge in [-0.05, 0) is 49.1 Å². The molecule has 2 aromatic rings. The lowest BCUT2D eigenvalue weighted by Crippen LogP contribution is -2.60. The maximum atomic E-state index is 14.0. The van der Waals surface area contributed by atoms with Crippen molar-refractivity contribution >= 4 is 52.5 Å². The summed E-state index contributed by atoms with van der Waals surface area (Å²) in [5.74, 6) is -7.93. The molecule has 190 valence electrons. The predicted molar refractivity (Wildman–Crippen MR) is 128 cm³/mol. The molecule has 0 spiro atoms. The van der Waals surface area contributed by atoms with Gasteiger partial charge in [-0.15, -0.1) is 23.2 Å². The Labute approximate surface area is 219 Å². The number of rotatable bonds is 2. The monoisotopic (exact) mass is 544 g/mol. The van der Waals surface area contributed by atoms with Gasteiger partial charge in [0.2, 0.25) is 0 Å². The summed E-state index contributed by atoms with van der Waals surface area (Å²) in [7, 11) is 0. The second-order valence-corrected chi connectivity index (χ2v) is 11.0. The number of carbonyl (C=O) groups excluding carboxylic acids is 4. The van der Waals surface area contributed by atoms with Gasteiger partial charge in [0.05, 0.1) is 17.5 Å². The minimum absolute atomic E-state index is 0.0605. The highest BCUT2D eigenvalue weighted by Gasteiger charge is 2.76. The number of imide groups is 2. The van der Waals surface area contributed by atoms with Crippen LogP contribution in [0.25, 0.3) is 0 Å². The topological polar surface area (TPSA) is 115 Å². The van der Waals surface area contributed by atoms with E-state index in [2.05, 4.69) is 0 Å². The van der Waals surface area contributed by atoms with Crippen molar-refractivity contribution < 1.29 is 33.9 Å². The second kappa shape index (κ2) is 7.86. The van der Waals surface area contributed by atoms with E-state index >= 15 is 0 Å². The van der Waals surface area contributed by atoms with Gasteiger partial charge in [0.15, 0.2) is 9.75 Å². The van der Waals surface area contributed by atoms with Gasteiger partial charge in [0.1, 0.15) is 11.6 Å². The van der Waals surface area contributed by atoms with Gasteiger partial charge in [0.25, 0.3) is 23.6 Å². The number of fused-ring (bicyclic) bond motifs is 4. The average Bonchev–Trinajstić information content (AvgIpc) is 3.18. The molecule has 6 atom stereocenters. The largest absolute Gasteiger partial charge is 0.508 e. The zero-order valence-electron chi connectivity index (χ0n) is 19.0. The number of allylic oxidation sites excluding steroid dienone is 2. The molecule has 3 fully saturated rings. The molecule has 37 heavy (non-hydrogen) atoms. The first-order valence-corrected chi connectivity index (χ1v) is 12.3. The zero-order valence-corrected chi connectivity index (χ0v) is 20.5. The molecule has 11 heteroatoms. The van der Waals surface area contributed by atoms with E-state index in [1.807, 2.05) is 0 Å². The fourth-order valence-electron chi connectivity index (χ4n) is 6.46. The Bertz CT molecular complexity index is 1430. The van der Waals surface area contributed by atoms with Crippen molar-refractivity contribution in [1.29, 1.82) is 0 Å². The second-order valence-electron chi connectivity index (χ2n) is 9.80. The summed E-state index contributed by atoms with van der Waals surface area (Å²) < 4.78 is 13.6. The lowest BCUT2D eigenvalue weighted by atomic mass is 9.56. The van der Waals surface area contributed by atoms with Gasteiger partial charge in [-0.3, -0.25) is 24.4 Å². The number of benzene rings is 2. The molecule has 2 aliphatic carbocycles. The number of phenolic OH excluding ortho intramolecular Hbond substituents is 1. The average molecular weight is 545 g/mol. The van der Waals surface area contributed by atoms with Crippen molar-refractivity contribution in [1.82, 2.24) is 5.06 Å². The van der Waals surface area contributed by atoms with Crippen LogP contribution in [0.5, 0.6) is 5.75 Å². The van der Waals surface area contributed by atoms with Gasteiger partial charge in [0, 0.05) is 11.5 Å². The van der Waals surface area contributed by atoms with Gasteiger partial charge < -0.3 is 5.11 Å². The molecule has 0 aromatic heterocycles. The SMILES string of the molecule is O=C1C2CC=C3C(CC4(Cl)C(=O)N(c5ccc(F)cc5)C(=O)C4(Cl)C3c3ccccc3O)C2C(=O)N1O. The van der Waals surface area contributed by atoms with Crippen LogP contribution in [-0.4, -0.2) is 48.8 Å². The Kier molecular flexibility index (Phi) is 5.12. The lowest BCUT2D eigenvalue weighted by molar-refractivity contribution is -0.173. The van der Waals surface area contributed by atoms with Gasteiger partial charge >= 0.3 is 0 Å². The van der Waals surface area contributed by atoms with Gasteiger partial charge in [-0.2, -0.15) is 5.06 Å². The van der Waals surface area contributed by atoms with Crippen LogP contribution in [0.4, 0.5) is 10.1 Å². The van der Waals surface area contributed by atoms with Crippen molar-refractivity contribution in [3.05, 3.63) is 71.6 Å². The van der Waals surface area contributed by atoms with E-state index in [0.717, 1.165) is 17.0 Å². The van der Waals surface area contributed by atoms with Crippen molar-refractivity contribution in [2.24, 2.45) is 17.8 Å². The predicted octanol–water partition coefficient (Wildman–Crippen LogP) is 3.48. The van der Waals surface area contributed by atoms with Crippen LogP contribution in [0.2, 0.25) is 0 Å². The van der Waals surface area contributed by atoms with E-state index in [9.17, 15) is 33.9 Å². The number of phenols is 1. The van der Waals surface area contributed by atoms with Crippen LogP contribution in [0.1, 0.15) is 24.3 Å². The molecule has 4 amide bonds. The summed E-state index contributed by atoms with van der Waals surface area (Å²) in [5, 5.41) is 21.0. The Hall–Kier alpha value is -3.27. The fraction of sp³-hybridized carbons (Fsp3) is 0.308. The first kappa shape index (κ1) is 24.1. The lowest BCUT2D eigenvalue weighted by Gasteiger charge is -2.50. The highest BCUT2D eigenvalue weighted by molar-refractivity contribution is 6.58. The van der Waals surface area contributed by atoms with Crippen molar-refractivity contribution in [2.75, 3.05) is 4.90 Å². The number of amides is 4. The van der Waals surface area contributed by atoms with E-state index in [-0.39, 0.29) is 34.9 Å². The minimum Gasteiger partial charge on any atom is -0.508 e. The zero-order chi connectivity index (χ0) is 26.4. The molecule has 8 nitrogen and oxygen atoms in total. The summed E-state index contributed by atoms with van der Waals surface area (Å²) >= 11 is 14.2. The molecular weight excluding hydrogens is 526 g/mol. The van der Waals surface area contributed by atoms with Crippen molar-refractivity contribution in [2.45, 2.75) is 28.5 Å². The van der Waals surface area contributed by atoms with Crippen LogP contribution in [0.3, 0.4) is 0 Å². The molecule has 6 unspecified atom stereocenters. The number of halogens is 3. The number of aromatic hydroxyl groups is 1. The number of anilines is 1. The summed E-state index contributed by atoms with van der Waals surface area (Å²) in [5.41, 5.74) is 0.759. The van der Waals surface area contributed by atoms with Crippen LogP contribution in [0, 0.1) is 23.6 Å². The summed E-state index contributed by atoms with van der Waals surface area (Å²) in [4.78, 5) is 50.0. The molecule has 2 aliphatic heterocycles. The van der Waals surface area contributed by atoms with Crippen LogP contribution < -0.4 is 4.90 Å². The first-order valence-electron chi connectivity index (χ1n) is 11.6. The third-order valence-corrected chi connectivity index (χ3v) is 9.53. The number of alkyl halides is 2. The maximum absolute atomic E-state index is 14.0. The third kappa shape index (κ3) is 2.93. The molecule has 2 aromatic carbocycles. The highest BCUT2D eigenvalue weighted by atomic mass is 35.5. The highest BCUT2D eigenvalue weighted by Crippen LogP contribution is 2.66. The molecule has 2 heterocycles. The fourth-order valence-corrected chi connectivity index (χ4v) is 7.39. The summed E-state index contributed by atoms with van der Waals surface area (Å²) in [6, 6.07) is 10.8. The van der Waals surface area contributed by atoms with E-state index in [1.165, 1.54) is 18.2 Å². The normalized spacial score (nSPS) is 34.9. The van der Waals surface area contributed by atoms with E-state index in [0.29, 0.717) is 5.57 Å². The summed E-state index contributed by atoms with van der Waals surface area (Å²) in [6.07, 6.45) is 1.50. The number of nitrogens with zero attached hydrogens (tertiary/aromatic N) is 2.